The van der Waals surface area contributed by atoms with Crippen molar-refractivity contribution < 1.29 is 64.7 Å². The van der Waals surface area contributed by atoms with Crippen molar-refractivity contribution in [1.29, 1.82) is 0 Å². The molecule has 0 saturated carbocycles. The second kappa shape index (κ2) is 11.3. The Kier molecular flexibility index (Phi) is 8.57. The van der Waals surface area contributed by atoms with E-state index in [0.717, 1.165) is 12.1 Å². The van der Waals surface area contributed by atoms with Crippen LogP contribution in [0.3, 0.4) is 0 Å². The van der Waals surface area contributed by atoms with Gasteiger partial charge in [-0.1, -0.05) is 6.92 Å². The molecule has 38 heavy (non-hydrogen) atoms. The molecule has 5 atom stereocenters. The van der Waals surface area contributed by atoms with Crippen LogP contribution in [-0.4, -0.2) is 89.9 Å². The van der Waals surface area contributed by atoms with E-state index in [1.165, 1.54) is 13.8 Å². The molecule has 0 aliphatic carbocycles. The molecule has 1 heterocycles. The minimum Gasteiger partial charge on any atom is -0.507 e. The molecule has 1 fully saturated rings. The van der Waals surface area contributed by atoms with Gasteiger partial charge in [-0.05, 0) is 32.4 Å². The fourth-order valence-corrected chi connectivity index (χ4v) is 3.97. The number of hydrogen-bond donors (Lipinski definition) is 8. The van der Waals surface area contributed by atoms with Crippen LogP contribution < -0.4 is 4.74 Å². The Bertz CT molecular complexity index is 1200. The second-order valence-electron chi connectivity index (χ2n) is 8.92. The summed E-state index contributed by atoms with van der Waals surface area (Å²) in [6.07, 6.45) is -8.22. The topological polar surface area (TPSA) is 224 Å². The molecule has 1 aliphatic heterocycles. The van der Waals surface area contributed by atoms with Gasteiger partial charge in [-0.15, -0.1) is 0 Å². The maximum atomic E-state index is 12.8. The number of esters is 1. The van der Waals surface area contributed by atoms with Gasteiger partial charge in [-0.25, -0.2) is 4.79 Å². The maximum Gasteiger partial charge on any atom is 0.338 e. The van der Waals surface area contributed by atoms with Crippen molar-refractivity contribution in [2.45, 2.75) is 64.3 Å². The average Bonchev–Trinajstić information content (AvgIpc) is 2.88. The van der Waals surface area contributed by atoms with Crippen molar-refractivity contribution in [3.8, 4) is 34.5 Å². The minimum atomic E-state index is -1.86. The number of carbonyl (C=O) groups excluding carboxylic acids is 2. The largest absolute Gasteiger partial charge is 0.507 e. The number of aliphatic hydroxyl groups is 3. The summed E-state index contributed by atoms with van der Waals surface area (Å²) >= 11 is 0. The number of aromatic hydroxyl groups is 5. The van der Waals surface area contributed by atoms with Crippen LogP contribution in [0.4, 0.5) is 0 Å². The number of hydrogen-bond acceptors (Lipinski definition) is 13. The molecule has 0 radical (unpaired) electrons. The highest BCUT2D eigenvalue weighted by atomic mass is 16.7. The Labute approximate surface area is 216 Å². The van der Waals surface area contributed by atoms with E-state index in [2.05, 4.69) is 0 Å². The van der Waals surface area contributed by atoms with E-state index in [9.17, 15) is 50.4 Å². The lowest BCUT2D eigenvalue weighted by molar-refractivity contribution is -0.277. The summed E-state index contributed by atoms with van der Waals surface area (Å²) < 4.78 is 16.2. The van der Waals surface area contributed by atoms with E-state index < -0.39 is 72.1 Å². The SMILES string of the molecule is CCCC(=O)c1c(O)c(C)c(O)c(C)c1O[C@@H]1O[C@H](COC(=O)c2cc(O)c(O)c(O)c2)[C@@H](O)[C@H](O)[C@H]1O. The molecule has 208 valence electrons. The highest BCUT2D eigenvalue weighted by molar-refractivity contribution is 6.02. The first-order valence-electron chi connectivity index (χ1n) is 11.7. The van der Waals surface area contributed by atoms with Crippen molar-refractivity contribution in [3.05, 3.63) is 34.4 Å². The number of phenols is 5. The molecule has 1 aliphatic rings. The van der Waals surface area contributed by atoms with E-state index in [-0.39, 0.29) is 40.2 Å². The van der Waals surface area contributed by atoms with Crippen LogP contribution in [0.15, 0.2) is 12.1 Å². The van der Waals surface area contributed by atoms with Crippen LogP contribution in [0, 0.1) is 13.8 Å². The van der Waals surface area contributed by atoms with E-state index in [0.29, 0.717) is 6.42 Å². The first-order valence-corrected chi connectivity index (χ1v) is 11.7. The molecule has 13 heteroatoms. The van der Waals surface area contributed by atoms with Gasteiger partial charge in [0.1, 0.15) is 53.8 Å². The van der Waals surface area contributed by atoms with Crippen molar-refractivity contribution >= 4 is 11.8 Å². The fraction of sp³-hybridized carbons (Fsp3) is 0.440. The number of ketones is 1. The molecule has 0 unspecified atom stereocenters. The van der Waals surface area contributed by atoms with Gasteiger partial charge in [-0.3, -0.25) is 4.79 Å². The normalized spacial score (nSPS) is 23.2. The predicted molar refractivity (Wildman–Crippen MR) is 128 cm³/mol. The predicted octanol–water partition coefficient (Wildman–Crippen LogP) is 0.858. The summed E-state index contributed by atoms with van der Waals surface area (Å²) in [5.74, 6) is -5.23. The van der Waals surface area contributed by atoms with Crippen molar-refractivity contribution in [3.63, 3.8) is 0 Å². The van der Waals surface area contributed by atoms with E-state index in [1.807, 2.05) is 0 Å². The molecule has 0 amide bonds. The molecule has 3 rings (SSSR count). The number of benzene rings is 2. The highest BCUT2D eigenvalue weighted by Gasteiger charge is 2.46. The standard InChI is InChI=1S/C25H30O13/c1-4-5-12(26)16-18(30)9(2)17(29)10(3)23(16)38-25-22(34)21(33)20(32)15(37-25)8-36-24(35)11-6-13(27)19(31)14(28)7-11/h6-7,15,20-22,25,27-34H,4-5,8H2,1-3H3/t15-,20-,21+,22-,25+/m1/s1. The van der Waals surface area contributed by atoms with Crippen molar-refractivity contribution in [2.24, 2.45) is 0 Å². The van der Waals surface area contributed by atoms with Gasteiger partial charge in [0.15, 0.2) is 23.0 Å². The van der Waals surface area contributed by atoms with E-state index in [1.54, 1.807) is 6.92 Å². The van der Waals surface area contributed by atoms with Gasteiger partial charge >= 0.3 is 5.97 Å². The summed E-state index contributed by atoms with van der Waals surface area (Å²) in [6, 6.07) is 1.65. The zero-order valence-corrected chi connectivity index (χ0v) is 20.8. The Morgan fingerprint density at radius 1 is 0.868 bits per heavy atom. The molecular formula is C25H30O13. The van der Waals surface area contributed by atoms with Gasteiger partial charge in [-0.2, -0.15) is 0 Å². The molecule has 13 nitrogen and oxygen atoms in total. The Morgan fingerprint density at radius 3 is 2.05 bits per heavy atom. The summed E-state index contributed by atoms with van der Waals surface area (Å²) in [7, 11) is 0. The Morgan fingerprint density at radius 2 is 1.47 bits per heavy atom. The lowest BCUT2D eigenvalue weighted by atomic mass is 9.96. The molecular weight excluding hydrogens is 508 g/mol. The van der Waals surface area contributed by atoms with Gasteiger partial charge in [0, 0.05) is 17.5 Å². The third-order valence-corrected chi connectivity index (χ3v) is 6.21. The van der Waals surface area contributed by atoms with E-state index >= 15 is 0 Å². The molecule has 8 N–H and O–H groups in total. The third kappa shape index (κ3) is 5.41. The lowest BCUT2D eigenvalue weighted by Gasteiger charge is -2.40. The van der Waals surface area contributed by atoms with Crippen LogP contribution in [0.1, 0.15) is 51.6 Å². The quantitative estimate of drug-likeness (QED) is 0.133. The summed E-state index contributed by atoms with van der Waals surface area (Å²) in [6.45, 7) is 3.85. The molecule has 2 aromatic rings. The highest BCUT2D eigenvalue weighted by Crippen LogP contribution is 2.43. The molecule has 0 spiro atoms. The number of Topliss-reactive ketones (excluding diaryl/α,β-unsaturated/α-hetero) is 1. The molecule has 1 saturated heterocycles. The van der Waals surface area contributed by atoms with Gasteiger partial charge in [0.25, 0.3) is 0 Å². The minimum absolute atomic E-state index is 0.0317. The van der Waals surface area contributed by atoms with Gasteiger partial charge in [0.2, 0.25) is 6.29 Å². The summed E-state index contributed by atoms with van der Waals surface area (Å²) in [5.41, 5.74) is -0.528. The molecule has 2 aromatic carbocycles. The summed E-state index contributed by atoms with van der Waals surface area (Å²) in [4.78, 5) is 25.1. The van der Waals surface area contributed by atoms with Crippen LogP contribution in [0.25, 0.3) is 0 Å². The van der Waals surface area contributed by atoms with Crippen LogP contribution in [-0.2, 0) is 9.47 Å². The van der Waals surface area contributed by atoms with Crippen molar-refractivity contribution in [2.75, 3.05) is 6.61 Å². The maximum absolute atomic E-state index is 12.8. The summed E-state index contributed by atoms with van der Waals surface area (Å²) in [5, 5.41) is 80.8. The Balaban J connectivity index is 1.86. The van der Waals surface area contributed by atoms with Gasteiger partial charge < -0.3 is 55.1 Å². The van der Waals surface area contributed by atoms with Crippen LogP contribution >= 0.6 is 0 Å². The average molecular weight is 539 g/mol. The van der Waals surface area contributed by atoms with E-state index in [4.69, 9.17) is 14.2 Å². The number of carbonyl (C=O) groups is 2. The number of rotatable bonds is 8. The molecule has 0 bridgehead atoms. The van der Waals surface area contributed by atoms with Crippen LogP contribution in [0.5, 0.6) is 34.5 Å². The van der Waals surface area contributed by atoms with Crippen LogP contribution in [0.2, 0.25) is 0 Å². The third-order valence-electron chi connectivity index (χ3n) is 6.21. The monoisotopic (exact) mass is 538 g/mol. The second-order valence-corrected chi connectivity index (χ2v) is 8.92. The van der Waals surface area contributed by atoms with Gasteiger partial charge in [0.05, 0.1) is 5.56 Å². The number of aliphatic hydroxyl groups excluding tert-OH is 3. The smallest absolute Gasteiger partial charge is 0.338 e. The Hall–Kier alpha value is -3.78. The zero-order chi connectivity index (χ0) is 28.5. The van der Waals surface area contributed by atoms with Crippen molar-refractivity contribution in [1.82, 2.24) is 0 Å². The number of phenolic OH excluding ortho intramolecular Hbond substituents is 5. The zero-order valence-electron chi connectivity index (χ0n) is 20.8. The fourth-order valence-electron chi connectivity index (χ4n) is 3.97. The lowest BCUT2D eigenvalue weighted by Crippen LogP contribution is -2.60. The number of ether oxygens (including phenoxy) is 3. The molecule has 0 aromatic heterocycles. The first kappa shape index (κ1) is 28.8. The first-order chi connectivity index (χ1) is 17.8.